The van der Waals surface area contributed by atoms with Crippen molar-refractivity contribution in [1.82, 2.24) is 5.32 Å². The molecule has 0 heterocycles. The second-order valence-corrected chi connectivity index (χ2v) is 3.54. The van der Waals surface area contributed by atoms with E-state index in [1.807, 2.05) is 0 Å². The molecule has 0 saturated heterocycles. The molecule has 0 radical (unpaired) electrons. The molecule has 1 aromatic carbocycles. The van der Waals surface area contributed by atoms with Gasteiger partial charge in [0.2, 0.25) is 0 Å². The van der Waals surface area contributed by atoms with Gasteiger partial charge in [-0.3, -0.25) is 4.79 Å². The molecule has 0 aliphatic carbocycles. The third-order valence-electron chi connectivity index (χ3n) is 1.82. The van der Waals surface area contributed by atoms with Crippen LogP contribution >= 0.6 is 11.6 Å². The number of hydrogen-bond acceptors (Lipinski definition) is 2. The first-order chi connectivity index (χ1) is 7.13. The number of nitrogen functional groups attached to an aromatic ring is 1. The van der Waals surface area contributed by atoms with Gasteiger partial charge in [-0.15, -0.1) is 6.58 Å². The Morgan fingerprint density at radius 1 is 1.53 bits per heavy atom. The lowest BCUT2D eigenvalue weighted by atomic mass is 10.2. The van der Waals surface area contributed by atoms with Gasteiger partial charge >= 0.3 is 0 Å². The van der Waals surface area contributed by atoms with Gasteiger partial charge in [-0.1, -0.05) is 17.7 Å². The van der Waals surface area contributed by atoms with Crippen molar-refractivity contribution in [2.45, 2.75) is 6.42 Å². The van der Waals surface area contributed by atoms with E-state index in [2.05, 4.69) is 11.9 Å². The Bertz CT molecular complexity index is 357. The summed E-state index contributed by atoms with van der Waals surface area (Å²) < 4.78 is 0. The second kappa shape index (κ2) is 5.41. The molecule has 0 saturated carbocycles. The Kier molecular flexibility index (Phi) is 4.18. The zero-order chi connectivity index (χ0) is 11.3. The second-order valence-electron chi connectivity index (χ2n) is 3.11. The summed E-state index contributed by atoms with van der Waals surface area (Å²) in [4.78, 5) is 11.6. The van der Waals surface area contributed by atoms with E-state index in [0.717, 1.165) is 6.42 Å². The highest BCUT2D eigenvalue weighted by Gasteiger charge is 2.05. The number of halogens is 1. The highest BCUT2D eigenvalue weighted by Crippen LogP contribution is 2.16. The molecule has 0 atom stereocenters. The van der Waals surface area contributed by atoms with Gasteiger partial charge in [0.1, 0.15) is 0 Å². The number of benzene rings is 1. The van der Waals surface area contributed by atoms with Crippen LogP contribution in [-0.4, -0.2) is 12.5 Å². The summed E-state index contributed by atoms with van der Waals surface area (Å²) in [6.07, 6.45) is 2.48. The number of rotatable bonds is 4. The average Bonchev–Trinajstić information content (AvgIpc) is 2.16. The van der Waals surface area contributed by atoms with Gasteiger partial charge in [-0.05, 0) is 24.6 Å². The number of amides is 1. The van der Waals surface area contributed by atoms with Crippen LogP contribution in [0.3, 0.4) is 0 Å². The Labute approximate surface area is 93.9 Å². The fourth-order valence-electron chi connectivity index (χ4n) is 1.13. The molecule has 3 nitrogen and oxygen atoms in total. The highest BCUT2D eigenvalue weighted by atomic mass is 35.5. The van der Waals surface area contributed by atoms with Gasteiger partial charge in [0.25, 0.3) is 5.91 Å². The van der Waals surface area contributed by atoms with Crippen molar-refractivity contribution < 1.29 is 4.79 Å². The summed E-state index contributed by atoms with van der Waals surface area (Å²) in [5.41, 5.74) is 6.53. The molecule has 1 rings (SSSR count). The monoisotopic (exact) mass is 224 g/mol. The number of carbonyl (C=O) groups excluding carboxylic acids is 1. The first-order valence-corrected chi connectivity index (χ1v) is 4.96. The van der Waals surface area contributed by atoms with Gasteiger partial charge in [-0.25, -0.2) is 0 Å². The first-order valence-electron chi connectivity index (χ1n) is 4.58. The summed E-state index contributed by atoms with van der Waals surface area (Å²) >= 11 is 5.78. The smallest absolute Gasteiger partial charge is 0.251 e. The Morgan fingerprint density at radius 2 is 2.27 bits per heavy atom. The summed E-state index contributed by atoms with van der Waals surface area (Å²) in [7, 11) is 0. The minimum absolute atomic E-state index is 0.175. The molecule has 0 aliphatic rings. The molecule has 1 aromatic rings. The minimum atomic E-state index is -0.175. The fourth-order valence-corrected chi connectivity index (χ4v) is 1.38. The van der Waals surface area contributed by atoms with E-state index in [9.17, 15) is 4.79 Å². The maximum absolute atomic E-state index is 11.6. The van der Waals surface area contributed by atoms with Crippen LogP contribution in [0.15, 0.2) is 30.9 Å². The van der Waals surface area contributed by atoms with Crippen molar-refractivity contribution in [3.05, 3.63) is 41.4 Å². The molecular formula is C11H13ClN2O. The minimum Gasteiger partial charge on any atom is -0.399 e. The molecule has 0 unspecified atom stereocenters. The van der Waals surface area contributed by atoms with Crippen LogP contribution in [0.4, 0.5) is 5.69 Å². The quantitative estimate of drug-likeness (QED) is 0.468. The molecule has 15 heavy (non-hydrogen) atoms. The molecule has 0 fully saturated rings. The van der Waals surface area contributed by atoms with E-state index < -0.39 is 0 Å². The summed E-state index contributed by atoms with van der Waals surface area (Å²) in [6, 6.07) is 4.78. The topological polar surface area (TPSA) is 55.1 Å². The number of nitrogens with one attached hydrogen (secondary N) is 1. The number of anilines is 1. The van der Waals surface area contributed by atoms with Gasteiger partial charge < -0.3 is 11.1 Å². The van der Waals surface area contributed by atoms with Crippen LogP contribution in [0.5, 0.6) is 0 Å². The standard InChI is InChI=1S/C11H13ClN2O/c1-2-3-4-14-11(15)8-5-9(12)7-10(13)6-8/h2,5-7H,1,3-4,13H2,(H,14,15). The van der Waals surface area contributed by atoms with E-state index in [4.69, 9.17) is 17.3 Å². The van der Waals surface area contributed by atoms with Crippen molar-refractivity contribution in [1.29, 1.82) is 0 Å². The van der Waals surface area contributed by atoms with Crippen LogP contribution in [0.1, 0.15) is 16.8 Å². The third kappa shape index (κ3) is 3.64. The van der Waals surface area contributed by atoms with Crippen molar-refractivity contribution in [3.63, 3.8) is 0 Å². The highest BCUT2D eigenvalue weighted by molar-refractivity contribution is 6.31. The van der Waals surface area contributed by atoms with Crippen LogP contribution < -0.4 is 11.1 Å². The fraction of sp³-hybridized carbons (Fsp3) is 0.182. The molecule has 0 aliphatic heterocycles. The van der Waals surface area contributed by atoms with Crippen LogP contribution in [-0.2, 0) is 0 Å². The molecular weight excluding hydrogens is 212 g/mol. The lowest BCUT2D eigenvalue weighted by Crippen LogP contribution is -2.24. The first kappa shape index (κ1) is 11.6. The normalized spacial score (nSPS) is 9.67. The molecule has 3 N–H and O–H groups in total. The van der Waals surface area contributed by atoms with Gasteiger partial charge in [0.15, 0.2) is 0 Å². The van der Waals surface area contributed by atoms with Crippen molar-refractivity contribution in [2.75, 3.05) is 12.3 Å². The van der Waals surface area contributed by atoms with Gasteiger partial charge in [-0.2, -0.15) is 0 Å². The van der Waals surface area contributed by atoms with E-state index >= 15 is 0 Å². The number of carbonyl (C=O) groups is 1. The molecule has 4 heteroatoms. The van der Waals surface area contributed by atoms with E-state index in [0.29, 0.717) is 22.8 Å². The predicted octanol–water partition coefficient (Wildman–Crippen LogP) is 2.23. The summed E-state index contributed by atoms with van der Waals surface area (Å²) in [5, 5.41) is 3.19. The van der Waals surface area contributed by atoms with Gasteiger partial charge in [0.05, 0.1) is 0 Å². The predicted molar refractivity (Wildman–Crippen MR) is 63.0 cm³/mol. The Hall–Kier alpha value is -1.48. The van der Waals surface area contributed by atoms with Gasteiger partial charge in [0, 0.05) is 22.8 Å². The van der Waals surface area contributed by atoms with E-state index in [-0.39, 0.29) is 5.91 Å². The largest absolute Gasteiger partial charge is 0.399 e. The summed E-state index contributed by atoms with van der Waals surface area (Å²) in [6.45, 7) is 4.13. The molecule has 1 amide bonds. The van der Waals surface area contributed by atoms with Crippen molar-refractivity contribution >= 4 is 23.2 Å². The SMILES string of the molecule is C=CCCNC(=O)c1cc(N)cc(Cl)c1. The lowest BCUT2D eigenvalue weighted by molar-refractivity contribution is 0.0954. The number of nitrogens with two attached hydrogens (primary N) is 1. The zero-order valence-electron chi connectivity index (χ0n) is 8.29. The van der Waals surface area contributed by atoms with E-state index in [1.54, 1.807) is 24.3 Å². The lowest BCUT2D eigenvalue weighted by Gasteiger charge is -2.04. The van der Waals surface area contributed by atoms with E-state index in [1.165, 1.54) is 0 Å². The average molecular weight is 225 g/mol. The third-order valence-corrected chi connectivity index (χ3v) is 2.03. The Morgan fingerprint density at radius 3 is 2.87 bits per heavy atom. The van der Waals surface area contributed by atoms with Crippen molar-refractivity contribution in [2.24, 2.45) is 0 Å². The maximum Gasteiger partial charge on any atom is 0.251 e. The van der Waals surface area contributed by atoms with Crippen LogP contribution in [0.25, 0.3) is 0 Å². The Balaban J connectivity index is 2.69. The number of hydrogen-bond donors (Lipinski definition) is 2. The zero-order valence-corrected chi connectivity index (χ0v) is 9.05. The molecule has 80 valence electrons. The molecule has 0 spiro atoms. The van der Waals surface area contributed by atoms with Crippen molar-refractivity contribution in [3.8, 4) is 0 Å². The van der Waals surface area contributed by atoms with Crippen LogP contribution in [0.2, 0.25) is 5.02 Å². The molecule has 0 bridgehead atoms. The molecule has 0 aromatic heterocycles. The maximum atomic E-state index is 11.6. The van der Waals surface area contributed by atoms with Crippen LogP contribution in [0, 0.1) is 0 Å². The summed E-state index contributed by atoms with van der Waals surface area (Å²) in [5.74, 6) is -0.175.